The van der Waals surface area contributed by atoms with Crippen molar-refractivity contribution in [3.05, 3.63) is 186 Å². The van der Waals surface area contributed by atoms with Gasteiger partial charge in [-0.1, -0.05) is 140 Å². The van der Waals surface area contributed by atoms with Crippen LogP contribution in [0.15, 0.2) is 158 Å². The molecule has 184 valence electrons. The second-order valence-corrected chi connectivity index (χ2v) is 9.15. The number of hydrogen-bond acceptors (Lipinski definition) is 1. The fourth-order valence-electron chi connectivity index (χ4n) is 4.41. The Hall–Kier alpha value is -4.88. The van der Waals surface area contributed by atoms with Crippen LogP contribution in [0, 0.1) is 6.92 Å². The lowest BCUT2D eigenvalue weighted by Crippen LogP contribution is -2.10. The lowest BCUT2D eigenvalue weighted by molar-refractivity contribution is 1.28. The van der Waals surface area contributed by atoms with Crippen molar-refractivity contribution in [3.63, 3.8) is 0 Å². The monoisotopic (exact) mass is 489 g/mol. The van der Waals surface area contributed by atoms with Crippen molar-refractivity contribution in [1.82, 2.24) is 0 Å². The normalized spacial score (nSPS) is 11.1. The highest BCUT2D eigenvalue weighted by atomic mass is 15.1. The molecule has 0 aliphatic carbocycles. The molecule has 0 unspecified atom stereocenters. The Kier molecular flexibility index (Phi) is 8.08. The molecule has 0 saturated carbocycles. The average Bonchev–Trinajstić information content (AvgIpc) is 2.99. The fourth-order valence-corrected chi connectivity index (χ4v) is 4.41. The van der Waals surface area contributed by atoms with E-state index >= 15 is 0 Å². The van der Waals surface area contributed by atoms with E-state index in [0.29, 0.717) is 0 Å². The van der Waals surface area contributed by atoms with Crippen molar-refractivity contribution in [3.8, 4) is 0 Å². The van der Waals surface area contributed by atoms with Crippen LogP contribution in [0.1, 0.15) is 27.8 Å². The first-order chi connectivity index (χ1) is 18.8. The molecular formula is C37H31N. The molecule has 0 spiro atoms. The summed E-state index contributed by atoms with van der Waals surface area (Å²) in [6.07, 6.45) is 10.7. The van der Waals surface area contributed by atoms with Crippen molar-refractivity contribution in [1.29, 1.82) is 0 Å². The summed E-state index contributed by atoms with van der Waals surface area (Å²) in [7, 11) is 0. The van der Waals surface area contributed by atoms with Gasteiger partial charge in [0, 0.05) is 23.1 Å². The predicted octanol–water partition coefficient (Wildman–Crippen LogP) is 9.95. The van der Waals surface area contributed by atoms with E-state index in [1.807, 2.05) is 0 Å². The summed E-state index contributed by atoms with van der Waals surface area (Å²) in [5.74, 6) is 0. The summed E-state index contributed by atoms with van der Waals surface area (Å²) in [6.45, 7) is 2.13. The molecule has 0 N–H and O–H groups in total. The summed E-state index contributed by atoms with van der Waals surface area (Å²) in [4.78, 5) is 2.26. The van der Waals surface area contributed by atoms with E-state index in [4.69, 9.17) is 0 Å². The van der Waals surface area contributed by atoms with Gasteiger partial charge in [0.1, 0.15) is 0 Å². The van der Waals surface area contributed by atoms with E-state index in [9.17, 15) is 0 Å². The molecule has 1 nitrogen and oxygen atoms in total. The molecule has 0 amide bonds. The summed E-state index contributed by atoms with van der Waals surface area (Å²) < 4.78 is 0. The third-order valence-corrected chi connectivity index (χ3v) is 6.50. The molecule has 5 aromatic rings. The zero-order valence-electron chi connectivity index (χ0n) is 21.6. The second kappa shape index (κ2) is 12.4. The van der Waals surface area contributed by atoms with Crippen molar-refractivity contribution in [2.24, 2.45) is 0 Å². The Labute approximate surface area is 226 Å². The van der Waals surface area contributed by atoms with Crippen LogP contribution < -0.4 is 4.90 Å². The Morgan fingerprint density at radius 3 is 1.61 bits per heavy atom. The van der Waals surface area contributed by atoms with Crippen molar-refractivity contribution >= 4 is 29.1 Å². The van der Waals surface area contributed by atoms with Gasteiger partial charge in [0.25, 0.3) is 0 Å². The zero-order chi connectivity index (χ0) is 26.0. The van der Waals surface area contributed by atoms with E-state index < -0.39 is 0 Å². The van der Waals surface area contributed by atoms with Crippen molar-refractivity contribution in [2.75, 3.05) is 4.90 Å². The Morgan fingerprint density at radius 1 is 0.500 bits per heavy atom. The number of rotatable bonds is 8. The Morgan fingerprint density at radius 2 is 1.00 bits per heavy atom. The topological polar surface area (TPSA) is 3.24 Å². The first-order valence-corrected chi connectivity index (χ1v) is 13.0. The standard InChI is InChI=1S/C37H31N/c1-30-15-11-13-17-32(30)18-14-12-16-31-25-27-36(28-26-31)38(35-23-9-4-10-24-35)29-37(33-19-5-2-6-20-33)34-21-7-3-8-22-34/h2-29H,1H3. The largest absolute Gasteiger partial charge is 0.317 e. The van der Waals surface area contributed by atoms with Gasteiger partial charge in [0.05, 0.1) is 0 Å². The van der Waals surface area contributed by atoms with Gasteiger partial charge in [0.2, 0.25) is 0 Å². The lowest BCUT2D eigenvalue weighted by atomic mass is 9.98. The van der Waals surface area contributed by atoms with Crippen LogP contribution in [-0.4, -0.2) is 0 Å². The SMILES string of the molecule is Cc1ccccc1C=CC=Cc1ccc(N(C=C(c2ccccc2)c2ccccc2)c2ccccc2)cc1. The van der Waals surface area contributed by atoms with Gasteiger partial charge >= 0.3 is 0 Å². The molecule has 0 aromatic heterocycles. The number of benzene rings is 5. The molecule has 0 saturated heterocycles. The molecule has 0 heterocycles. The number of hydrogen-bond donors (Lipinski definition) is 0. The van der Waals surface area contributed by atoms with Crippen LogP contribution in [0.2, 0.25) is 0 Å². The molecule has 38 heavy (non-hydrogen) atoms. The van der Waals surface area contributed by atoms with Gasteiger partial charge in [-0.2, -0.15) is 0 Å². The molecule has 0 aliphatic heterocycles. The van der Waals surface area contributed by atoms with Crippen LogP contribution in [0.25, 0.3) is 17.7 Å². The fraction of sp³-hybridized carbons (Fsp3) is 0.0270. The van der Waals surface area contributed by atoms with Gasteiger partial charge in [-0.3, -0.25) is 0 Å². The maximum Gasteiger partial charge on any atom is 0.0456 e. The highest BCUT2D eigenvalue weighted by Crippen LogP contribution is 2.31. The van der Waals surface area contributed by atoms with Gasteiger partial charge in [-0.15, -0.1) is 0 Å². The van der Waals surface area contributed by atoms with E-state index in [2.05, 4.69) is 182 Å². The third-order valence-electron chi connectivity index (χ3n) is 6.50. The summed E-state index contributed by atoms with van der Waals surface area (Å²) in [5, 5.41) is 0. The quantitative estimate of drug-likeness (QED) is 0.196. The molecule has 5 aromatic carbocycles. The van der Waals surface area contributed by atoms with E-state index in [-0.39, 0.29) is 0 Å². The molecule has 0 atom stereocenters. The highest BCUT2D eigenvalue weighted by molar-refractivity contribution is 5.84. The van der Waals surface area contributed by atoms with Crippen molar-refractivity contribution < 1.29 is 0 Å². The smallest absolute Gasteiger partial charge is 0.0456 e. The summed E-state index contributed by atoms with van der Waals surface area (Å²) in [6, 6.07) is 48.8. The molecular weight excluding hydrogens is 458 g/mol. The third kappa shape index (κ3) is 6.27. The molecule has 0 aliphatic rings. The minimum atomic E-state index is 1.10. The van der Waals surface area contributed by atoms with Crippen molar-refractivity contribution in [2.45, 2.75) is 6.92 Å². The number of allylic oxidation sites excluding steroid dienone is 2. The Bertz CT molecular complexity index is 1490. The minimum absolute atomic E-state index is 1.10. The van der Waals surface area contributed by atoms with Crippen LogP contribution in [0.4, 0.5) is 11.4 Å². The van der Waals surface area contributed by atoms with E-state index in [1.165, 1.54) is 27.8 Å². The van der Waals surface area contributed by atoms with Gasteiger partial charge in [-0.25, -0.2) is 0 Å². The van der Waals surface area contributed by atoms with Crippen LogP contribution in [0.5, 0.6) is 0 Å². The van der Waals surface area contributed by atoms with Crippen LogP contribution >= 0.6 is 0 Å². The highest BCUT2D eigenvalue weighted by Gasteiger charge is 2.11. The summed E-state index contributed by atoms with van der Waals surface area (Å²) in [5.41, 5.74) is 9.42. The zero-order valence-corrected chi connectivity index (χ0v) is 21.6. The first kappa shape index (κ1) is 24.8. The lowest BCUT2D eigenvalue weighted by Gasteiger charge is -2.23. The molecule has 0 bridgehead atoms. The molecule has 1 heteroatoms. The van der Waals surface area contributed by atoms with Gasteiger partial charge in [0.15, 0.2) is 0 Å². The van der Waals surface area contributed by atoms with Gasteiger partial charge < -0.3 is 4.90 Å². The number of aryl methyl sites for hydroxylation is 1. The molecule has 0 radical (unpaired) electrons. The van der Waals surface area contributed by atoms with Gasteiger partial charge in [-0.05, 0) is 59.0 Å². The summed E-state index contributed by atoms with van der Waals surface area (Å²) >= 11 is 0. The van der Waals surface area contributed by atoms with E-state index in [0.717, 1.165) is 16.9 Å². The number of para-hydroxylation sites is 1. The van der Waals surface area contributed by atoms with Crippen LogP contribution in [0.3, 0.4) is 0 Å². The number of nitrogens with zero attached hydrogens (tertiary/aromatic N) is 1. The first-order valence-electron chi connectivity index (χ1n) is 13.0. The average molecular weight is 490 g/mol. The Balaban J connectivity index is 1.47. The predicted molar refractivity (Wildman–Crippen MR) is 164 cm³/mol. The minimum Gasteiger partial charge on any atom is -0.317 e. The van der Waals surface area contributed by atoms with E-state index in [1.54, 1.807) is 0 Å². The molecule has 0 fully saturated rings. The maximum absolute atomic E-state index is 2.26. The molecule has 5 rings (SSSR count). The number of anilines is 2. The van der Waals surface area contributed by atoms with Crippen LogP contribution in [-0.2, 0) is 0 Å². The maximum atomic E-state index is 2.26. The second-order valence-electron chi connectivity index (χ2n) is 9.15.